The van der Waals surface area contributed by atoms with Gasteiger partial charge < -0.3 is 15.4 Å². The Bertz CT molecular complexity index is 781. The van der Waals surface area contributed by atoms with E-state index in [1.54, 1.807) is 31.2 Å². The van der Waals surface area contributed by atoms with Crippen molar-refractivity contribution in [2.24, 2.45) is 5.92 Å². The minimum absolute atomic E-state index is 0.259. The maximum Gasteiger partial charge on any atom is 0.326 e. The zero-order valence-electron chi connectivity index (χ0n) is 16.8. The standard InChI is InChI=1S/C20H26ClN3O5/c1-13(2)8-9-20(3)18(27)24(19(28)23-20)11-17(26)29-12-16(25)22-10-14-4-6-15(21)7-5-14/h4-7,13H,8-12H2,1-3H3,(H,22,25)(H,23,28)/t20-/m1/s1. The molecular weight excluding hydrogens is 398 g/mol. The molecule has 0 aliphatic carbocycles. The van der Waals surface area contributed by atoms with E-state index in [0.717, 1.165) is 16.9 Å². The van der Waals surface area contributed by atoms with Gasteiger partial charge in [-0.25, -0.2) is 4.79 Å². The molecule has 2 N–H and O–H groups in total. The predicted octanol–water partition coefficient (Wildman–Crippen LogP) is 2.25. The lowest BCUT2D eigenvalue weighted by atomic mass is 9.92. The van der Waals surface area contributed by atoms with E-state index in [-0.39, 0.29) is 6.54 Å². The molecule has 1 atom stereocenters. The average molecular weight is 424 g/mol. The molecule has 1 aromatic carbocycles. The van der Waals surface area contributed by atoms with E-state index in [2.05, 4.69) is 10.6 Å². The molecule has 0 aromatic heterocycles. The molecule has 0 saturated carbocycles. The van der Waals surface area contributed by atoms with Crippen molar-refractivity contribution in [1.29, 1.82) is 0 Å². The third-order valence-electron chi connectivity index (χ3n) is 4.62. The summed E-state index contributed by atoms with van der Waals surface area (Å²) < 4.78 is 4.89. The van der Waals surface area contributed by atoms with Crippen LogP contribution in [-0.2, 0) is 25.7 Å². The second kappa shape index (κ2) is 9.73. The summed E-state index contributed by atoms with van der Waals surface area (Å²) in [6.07, 6.45) is 1.24. The van der Waals surface area contributed by atoms with Crippen molar-refractivity contribution in [3.8, 4) is 0 Å². The van der Waals surface area contributed by atoms with Gasteiger partial charge in [0, 0.05) is 11.6 Å². The van der Waals surface area contributed by atoms with Crippen LogP contribution in [0.1, 0.15) is 39.2 Å². The van der Waals surface area contributed by atoms with Crippen molar-refractivity contribution in [3.05, 3.63) is 34.9 Å². The maximum atomic E-state index is 12.6. The number of halogens is 1. The Kier molecular flexibility index (Phi) is 7.61. The van der Waals surface area contributed by atoms with Crippen molar-refractivity contribution < 1.29 is 23.9 Å². The summed E-state index contributed by atoms with van der Waals surface area (Å²) in [6.45, 7) is 4.92. The molecule has 0 spiro atoms. The van der Waals surface area contributed by atoms with Crippen LogP contribution >= 0.6 is 11.6 Å². The summed E-state index contributed by atoms with van der Waals surface area (Å²) >= 11 is 5.80. The van der Waals surface area contributed by atoms with E-state index in [4.69, 9.17) is 16.3 Å². The largest absolute Gasteiger partial charge is 0.454 e. The van der Waals surface area contributed by atoms with Gasteiger partial charge in [-0.1, -0.05) is 37.6 Å². The Labute approximate surface area is 174 Å². The number of esters is 1. The second-order valence-electron chi connectivity index (χ2n) is 7.65. The molecular formula is C20H26ClN3O5. The minimum atomic E-state index is -1.03. The molecule has 1 saturated heterocycles. The quantitative estimate of drug-likeness (QED) is 0.468. The van der Waals surface area contributed by atoms with Gasteiger partial charge in [0.05, 0.1) is 0 Å². The molecule has 1 aliphatic heterocycles. The highest BCUT2D eigenvalue weighted by Crippen LogP contribution is 2.24. The number of urea groups is 1. The topological polar surface area (TPSA) is 105 Å². The lowest BCUT2D eigenvalue weighted by molar-refractivity contribution is -0.151. The van der Waals surface area contributed by atoms with Crippen LogP contribution in [0.4, 0.5) is 4.79 Å². The summed E-state index contributed by atoms with van der Waals surface area (Å²) in [6, 6.07) is 6.31. The zero-order chi connectivity index (χ0) is 21.6. The first-order chi connectivity index (χ1) is 13.6. The van der Waals surface area contributed by atoms with E-state index in [1.807, 2.05) is 13.8 Å². The zero-order valence-corrected chi connectivity index (χ0v) is 17.5. The number of nitrogens with zero attached hydrogens (tertiary/aromatic N) is 1. The van der Waals surface area contributed by atoms with Gasteiger partial charge in [0.2, 0.25) is 0 Å². The first-order valence-electron chi connectivity index (χ1n) is 9.41. The lowest BCUT2D eigenvalue weighted by Crippen LogP contribution is -2.44. The maximum absolute atomic E-state index is 12.6. The number of amides is 4. The third-order valence-corrected chi connectivity index (χ3v) is 4.87. The molecule has 29 heavy (non-hydrogen) atoms. The number of imide groups is 1. The highest BCUT2D eigenvalue weighted by molar-refractivity contribution is 6.30. The van der Waals surface area contributed by atoms with Crippen LogP contribution in [0, 0.1) is 5.92 Å². The first kappa shape index (κ1) is 22.7. The highest BCUT2D eigenvalue weighted by Gasteiger charge is 2.48. The summed E-state index contributed by atoms with van der Waals surface area (Å²) in [4.78, 5) is 49.3. The van der Waals surface area contributed by atoms with E-state index in [9.17, 15) is 19.2 Å². The van der Waals surface area contributed by atoms with Crippen molar-refractivity contribution in [3.63, 3.8) is 0 Å². The molecule has 1 fully saturated rings. The summed E-state index contributed by atoms with van der Waals surface area (Å²) in [5.74, 6) is -1.41. The molecule has 158 valence electrons. The predicted molar refractivity (Wildman–Crippen MR) is 107 cm³/mol. The van der Waals surface area contributed by atoms with Crippen LogP contribution in [-0.4, -0.2) is 47.4 Å². The van der Waals surface area contributed by atoms with Crippen LogP contribution in [0.25, 0.3) is 0 Å². The minimum Gasteiger partial charge on any atom is -0.454 e. The summed E-state index contributed by atoms with van der Waals surface area (Å²) in [7, 11) is 0. The third kappa shape index (κ3) is 6.45. The number of carbonyl (C=O) groups is 4. The van der Waals surface area contributed by atoms with Crippen LogP contribution in [0.5, 0.6) is 0 Å². The highest BCUT2D eigenvalue weighted by atomic mass is 35.5. The van der Waals surface area contributed by atoms with Crippen LogP contribution < -0.4 is 10.6 Å². The van der Waals surface area contributed by atoms with Crippen molar-refractivity contribution in [2.45, 2.75) is 45.7 Å². The Morgan fingerprint density at radius 2 is 1.90 bits per heavy atom. The van der Waals surface area contributed by atoms with Crippen molar-refractivity contribution in [1.82, 2.24) is 15.5 Å². The van der Waals surface area contributed by atoms with Gasteiger partial charge in [0.15, 0.2) is 6.61 Å². The van der Waals surface area contributed by atoms with Crippen molar-refractivity contribution >= 4 is 35.4 Å². The van der Waals surface area contributed by atoms with Crippen molar-refractivity contribution in [2.75, 3.05) is 13.2 Å². The number of carbonyl (C=O) groups excluding carboxylic acids is 4. The van der Waals surface area contributed by atoms with Crippen LogP contribution in [0.3, 0.4) is 0 Å². The summed E-state index contributed by atoms with van der Waals surface area (Å²) in [5.41, 5.74) is -0.188. The van der Waals surface area contributed by atoms with E-state index < -0.39 is 42.5 Å². The van der Waals surface area contributed by atoms with Gasteiger partial charge in [-0.15, -0.1) is 0 Å². The van der Waals surface area contributed by atoms with E-state index in [1.165, 1.54) is 0 Å². The SMILES string of the molecule is CC(C)CC[C@@]1(C)NC(=O)N(CC(=O)OCC(=O)NCc2ccc(Cl)cc2)C1=O. The Morgan fingerprint density at radius 1 is 1.24 bits per heavy atom. The van der Waals surface area contributed by atoms with E-state index >= 15 is 0 Å². The Hall–Kier alpha value is -2.61. The summed E-state index contributed by atoms with van der Waals surface area (Å²) in [5, 5.41) is 5.84. The number of benzene rings is 1. The second-order valence-corrected chi connectivity index (χ2v) is 8.09. The van der Waals surface area contributed by atoms with Gasteiger partial charge in [-0.2, -0.15) is 0 Å². The Balaban J connectivity index is 1.78. The number of hydrogen-bond acceptors (Lipinski definition) is 5. The van der Waals surface area contributed by atoms with E-state index in [0.29, 0.717) is 17.4 Å². The monoisotopic (exact) mass is 423 g/mol. The lowest BCUT2D eigenvalue weighted by Gasteiger charge is -2.22. The molecule has 1 heterocycles. The molecule has 9 heteroatoms. The Morgan fingerprint density at radius 3 is 2.52 bits per heavy atom. The number of ether oxygens (including phenoxy) is 1. The van der Waals surface area contributed by atoms with Crippen LogP contribution in [0.15, 0.2) is 24.3 Å². The van der Waals surface area contributed by atoms with Gasteiger partial charge in [0.25, 0.3) is 11.8 Å². The van der Waals surface area contributed by atoms with Gasteiger partial charge in [-0.3, -0.25) is 19.3 Å². The molecule has 1 aliphatic rings. The number of hydrogen-bond donors (Lipinski definition) is 2. The fourth-order valence-electron chi connectivity index (χ4n) is 2.81. The molecule has 2 rings (SSSR count). The molecule has 4 amide bonds. The van der Waals surface area contributed by atoms with Crippen LogP contribution in [0.2, 0.25) is 5.02 Å². The normalized spacial score (nSPS) is 18.7. The number of nitrogens with one attached hydrogen (secondary N) is 2. The molecule has 0 radical (unpaired) electrons. The smallest absolute Gasteiger partial charge is 0.326 e. The van der Waals surface area contributed by atoms with Gasteiger partial charge >= 0.3 is 12.0 Å². The first-order valence-corrected chi connectivity index (χ1v) is 9.79. The molecule has 1 aromatic rings. The van der Waals surface area contributed by atoms with Gasteiger partial charge in [0.1, 0.15) is 12.1 Å². The average Bonchev–Trinajstić information content (AvgIpc) is 2.88. The van der Waals surface area contributed by atoms with Gasteiger partial charge in [-0.05, 0) is 43.4 Å². The fourth-order valence-corrected chi connectivity index (χ4v) is 2.94. The molecule has 8 nitrogen and oxygen atoms in total. The molecule has 0 bridgehead atoms. The molecule has 0 unspecified atom stereocenters. The number of rotatable bonds is 9. The fraction of sp³-hybridized carbons (Fsp3) is 0.500.